The normalized spacial score (nSPS) is 19.7. The molecule has 0 spiro atoms. The van der Waals surface area contributed by atoms with Crippen molar-refractivity contribution in [2.75, 3.05) is 0 Å². The summed E-state index contributed by atoms with van der Waals surface area (Å²) in [5.41, 5.74) is 4.92. The lowest BCUT2D eigenvalue weighted by atomic mass is 10.2. The Kier molecular flexibility index (Phi) is 1.26. The third-order valence-corrected chi connectivity index (χ3v) is 0.577. The van der Waals surface area contributed by atoms with Gasteiger partial charge in [-0.15, -0.1) is 0 Å². The van der Waals surface area contributed by atoms with Gasteiger partial charge < -0.3 is 10.8 Å². The Balaban J connectivity index is 4.04. The molecule has 0 amide bonds. The van der Waals surface area contributed by atoms with Crippen molar-refractivity contribution in [1.29, 1.82) is 0 Å². The molecular formula is C4H9NO2. The fourth-order valence-electron chi connectivity index (χ4n) is 0.123. The zero-order valence-corrected chi connectivity index (χ0v) is 4.01. The van der Waals surface area contributed by atoms with Crippen molar-refractivity contribution >= 4 is 5.97 Å². The van der Waals surface area contributed by atoms with Gasteiger partial charge in [-0.2, -0.15) is 0 Å². The molecule has 0 rings (SSSR count). The molecule has 7 heavy (non-hydrogen) atoms. The molecule has 1 atom stereocenters. The highest BCUT2D eigenvalue weighted by atomic mass is 16.4. The van der Waals surface area contributed by atoms with E-state index in [0.29, 0.717) is 0 Å². The molecule has 3 heteroatoms. The Morgan fingerprint density at radius 2 is 2.71 bits per heavy atom. The predicted molar refractivity (Wildman–Crippen MR) is 25.9 cm³/mol. The summed E-state index contributed by atoms with van der Waals surface area (Å²) in [6.07, 6.45) is -1.84. The number of nitrogens with two attached hydrogens (primary N) is 1. The highest BCUT2D eigenvalue weighted by Crippen LogP contribution is 1.82. The highest BCUT2D eigenvalue weighted by molar-refractivity contribution is 5.72. The summed E-state index contributed by atoms with van der Waals surface area (Å²) >= 11 is 0. The number of aliphatic carboxylic acids is 1. The molecule has 0 heterocycles. The van der Waals surface area contributed by atoms with E-state index in [-0.39, 0.29) is 0 Å². The van der Waals surface area contributed by atoms with Crippen molar-refractivity contribution in [3.63, 3.8) is 0 Å². The molecule has 0 aliphatic carbocycles. The van der Waals surface area contributed by atoms with Crippen LogP contribution in [0, 0.1) is 0 Å². The third-order valence-electron chi connectivity index (χ3n) is 0.577. The minimum absolute atomic E-state index is 1.13. The molecule has 0 aromatic carbocycles. The summed E-state index contributed by atoms with van der Waals surface area (Å²) in [6, 6.07) is -1.43. The minimum Gasteiger partial charge on any atom is -0.480 e. The van der Waals surface area contributed by atoms with Crippen molar-refractivity contribution < 1.29 is 12.6 Å². The molecule has 0 saturated heterocycles. The number of carboxylic acids is 1. The molecule has 0 radical (unpaired) electrons. The van der Waals surface area contributed by atoms with Gasteiger partial charge in [-0.05, 0) is 6.37 Å². The summed E-state index contributed by atoms with van der Waals surface area (Å²) in [5.74, 6) is -1.32. The molecule has 0 fully saturated rings. The Hall–Kier alpha value is -0.570. The van der Waals surface area contributed by atoms with E-state index in [9.17, 15) is 4.79 Å². The topological polar surface area (TPSA) is 63.3 Å². The van der Waals surface area contributed by atoms with E-state index in [1.807, 2.05) is 0 Å². The fourth-order valence-corrected chi connectivity index (χ4v) is 0.123. The van der Waals surface area contributed by atoms with Crippen molar-refractivity contribution in [3.8, 4) is 0 Å². The summed E-state index contributed by atoms with van der Waals surface area (Å²) in [7, 11) is 0. The fraction of sp³-hybridized carbons (Fsp3) is 0.750. The van der Waals surface area contributed by atoms with E-state index in [0.717, 1.165) is 6.92 Å². The second-order valence-electron chi connectivity index (χ2n) is 1.10. The van der Waals surface area contributed by atoms with Crippen LogP contribution in [0.1, 0.15) is 16.0 Å². The zero-order valence-electron chi connectivity index (χ0n) is 6.01. The van der Waals surface area contributed by atoms with Crippen LogP contribution in [0.4, 0.5) is 0 Å². The van der Waals surface area contributed by atoms with Crippen molar-refractivity contribution in [2.45, 2.75) is 19.3 Å². The van der Waals surface area contributed by atoms with Crippen LogP contribution in [0.3, 0.4) is 0 Å². The molecule has 3 nitrogen and oxygen atoms in total. The van der Waals surface area contributed by atoms with E-state index in [4.69, 9.17) is 13.6 Å². The molecule has 42 valence electrons. The number of carbonyl (C=O) groups is 1. The van der Waals surface area contributed by atoms with Crippen molar-refractivity contribution in [2.24, 2.45) is 5.73 Å². The van der Waals surface area contributed by atoms with Gasteiger partial charge in [-0.1, -0.05) is 6.92 Å². The lowest BCUT2D eigenvalue weighted by Gasteiger charge is -1.97. The van der Waals surface area contributed by atoms with E-state index in [1.165, 1.54) is 0 Å². The maximum absolute atomic E-state index is 9.98. The molecule has 0 aromatic rings. The van der Waals surface area contributed by atoms with Gasteiger partial charge in [-0.25, -0.2) is 0 Å². The van der Waals surface area contributed by atoms with Crippen LogP contribution >= 0.6 is 0 Å². The van der Waals surface area contributed by atoms with E-state index in [1.54, 1.807) is 0 Å². The van der Waals surface area contributed by atoms with Crippen molar-refractivity contribution in [1.82, 2.24) is 0 Å². The SMILES string of the molecule is [2H]C([2H])(C)[C@H](N)C(=O)O. The van der Waals surface area contributed by atoms with Crippen LogP contribution in [0.25, 0.3) is 0 Å². The smallest absolute Gasteiger partial charge is 0.320 e. The van der Waals surface area contributed by atoms with Gasteiger partial charge in [-0.3, -0.25) is 4.79 Å². The lowest BCUT2D eigenvalue weighted by molar-refractivity contribution is -0.138. The maximum atomic E-state index is 9.98. The highest BCUT2D eigenvalue weighted by Gasteiger charge is 2.05. The summed E-state index contributed by atoms with van der Waals surface area (Å²) in [6.45, 7) is 1.13. The van der Waals surface area contributed by atoms with Crippen LogP contribution in [0.5, 0.6) is 0 Å². The van der Waals surface area contributed by atoms with Gasteiger partial charge in [0.05, 0.1) is 0 Å². The van der Waals surface area contributed by atoms with Gasteiger partial charge in [0.15, 0.2) is 0 Å². The number of rotatable bonds is 2. The molecule has 0 bridgehead atoms. The van der Waals surface area contributed by atoms with Gasteiger partial charge >= 0.3 is 5.97 Å². The second kappa shape index (κ2) is 2.58. The number of hydrogen-bond donors (Lipinski definition) is 2. The van der Waals surface area contributed by atoms with Gasteiger partial charge in [0.25, 0.3) is 0 Å². The third kappa shape index (κ3) is 2.17. The van der Waals surface area contributed by atoms with Crippen LogP contribution in [0.15, 0.2) is 0 Å². The Morgan fingerprint density at radius 1 is 2.29 bits per heavy atom. The quantitative estimate of drug-likeness (QED) is 0.511. The zero-order chi connectivity index (χ0) is 7.65. The molecule has 3 N–H and O–H groups in total. The predicted octanol–water partition coefficient (Wildman–Crippen LogP) is -0.192. The molecule has 0 saturated carbocycles. The van der Waals surface area contributed by atoms with E-state index in [2.05, 4.69) is 0 Å². The summed E-state index contributed by atoms with van der Waals surface area (Å²) in [5, 5.41) is 8.15. The minimum atomic E-state index is -1.84. The first kappa shape index (κ1) is 3.43. The Morgan fingerprint density at radius 3 is 2.71 bits per heavy atom. The number of hydrogen-bond acceptors (Lipinski definition) is 2. The average Bonchev–Trinajstić information content (AvgIpc) is 1.62. The van der Waals surface area contributed by atoms with E-state index < -0.39 is 18.4 Å². The molecule has 0 unspecified atom stereocenters. The van der Waals surface area contributed by atoms with Crippen LogP contribution in [-0.2, 0) is 4.79 Å². The first-order valence-corrected chi connectivity index (χ1v) is 1.84. The second-order valence-corrected chi connectivity index (χ2v) is 1.10. The largest absolute Gasteiger partial charge is 0.480 e. The monoisotopic (exact) mass is 105 g/mol. The average molecular weight is 105 g/mol. The van der Waals surface area contributed by atoms with Crippen molar-refractivity contribution in [3.05, 3.63) is 0 Å². The first-order chi connectivity index (χ1) is 3.85. The van der Waals surface area contributed by atoms with E-state index >= 15 is 0 Å². The lowest BCUT2D eigenvalue weighted by Crippen LogP contribution is -2.28. The Labute approximate surface area is 44.9 Å². The Bertz CT molecular complexity index is 120. The standard InChI is InChI=1S/C4H9NO2/c1-2-3(5)4(6)7/h3H,2,5H2,1H3,(H,6,7)/t3-/m0/s1/i2D2. The van der Waals surface area contributed by atoms with Gasteiger partial charge in [0.2, 0.25) is 0 Å². The van der Waals surface area contributed by atoms with Crippen LogP contribution < -0.4 is 5.73 Å². The number of carboxylic acid groups (broad SMARTS) is 1. The molecular weight excluding hydrogens is 94.0 g/mol. The molecule has 0 aliphatic rings. The van der Waals surface area contributed by atoms with Gasteiger partial charge in [0, 0.05) is 2.74 Å². The molecule has 0 aromatic heterocycles. The molecule has 0 aliphatic heterocycles. The summed E-state index contributed by atoms with van der Waals surface area (Å²) in [4.78, 5) is 9.98. The van der Waals surface area contributed by atoms with Crippen LogP contribution in [-0.4, -0.2) is 17.1 Å². The van der Waals surface area contributed by atoms with Crippen LogP contribution in [0.2, 0.25) is 0 Å². The maximum Gasteiger partial charge on any atom is 0.320 e. The summed E-state index contributed by atoms with van der Waals surface area (Å²) < 4.78 is 13.7. The van der Waals surface area contributed by atoms with Gasteiger partial charge in [0.1, 0.15) is 6.04 Å². The first-order valence-electron chi connectivity index (χ1n) is 2.84.